The molecule has 1 aliphatic rings. The van der Waals surface area contributed by atoms with Gasteiger partial charge >= 0.3 is 11.9 Å². The third-order valence-corrected chi connectivity index (χ3v) is 8.17. The molecule has 0 radical (unpaired) electrons. The van der Waals surface area contributed by atoms with E-state index in [1.54, 1.807) is 54.8 Å². The maximum atomic E-state index is 13.9. The SMILES string of the molecule is CCCOC(=O)c1ccccc1-c1ccc(C=c2sc3n(c2=O)C(c2ccc(C(C)C)cc2)C(C(=O)OCC)=C(C)N=3)o1. The van der Waals surface area contributed by atoms with E-state index in [9.17, 15) is 14.4 Å². The lowest BCUT2D eigenvalue weighted by atomic mass is 9.93. The molecule has 4 aromatic rings. The molecule has 9 heteroatoms. The second-order valence-corrected chi connectivity index (χ2v) is 11.5. The fourth-order valence-corrected chi connectivity index (χ4v) is 6.05. The number of furan rings is 1. The van der Waals surface area contributed by atoms with Crippen LogP contribution >= 0.6 is 11.3 Å². The maximum absolute atomic E-state index is 13.9. The zero-order valence-electron chi connectivity index (χ0n) is 24.9. The predicted molar refractivity (Wildman–Crippen MR) is 166 cm³/mol. The summed E-state index contributed by atoms with van der Waals surface area (Å²) in [5, 5.41) is 0. The van der Waals surface area contributed by atoms with Crippen molar-refractivity contribution in [1.82, 2.24) is 4.57 Å². The van der Waals surface area contributed by atoms with Crippen LogP contribution in [0.2, 0.25) is 0 Å². The monoisotopic (exact) mass is 598 g/mol. The molecule has 5 rings (SSSR count). The molecule has 0 bridgehead atoms. The summed E-state index contributed by atoms with van der Waals surface area (Å²) >= 11 is 1.22. The van der Waals surface area contributed by atoms with Crippen molar-refractivity contribution in [1.29, 1.82) is 0 Å². The Hall–Kier alpha value is -4.50. The number of ether oxygens (including phenoxy) is 2. The van der Waals surface area contributed by atoms with Gasteiger partial charge in [0.05, 0.1) is 40.6 Å². The van der Waals surface area contributed by atoms with E-state index in [-0.39, 0.29) is 12.2 Å². The molecule has 1 aliphatic heterocycles. The van der Waals surface area contributed by atoms with Gasteiger partial charge in [0.25, 0.3) is 5.56 Å². The van der Waals surface area contributed by atoms with Crippen LogP contribution in [0.15, 0.2) is 86.1 Å². The molecule has 0 saturated heterocycles. The molecule has 1 unspecified atom stereocenters. The molecule has 43 heavy (non-hydrogen) atoms. The molecule has 0 saturated carbocycles. The lowest BCUT2D eigenvalue weighted by Crippen LogP contribution is -2.39. The van der Waals surface area contributed by atoms with Gasteiger partial charge in [0, 0.05) is 11.6 Å². The van der Waals surface area contributed by atoms with Gasteiger partial charge in [-0.2, -0.15) is 0 Å². The summed E-state index contributed by atoms with van der Waals surface area (Å²) in [6.45, 7) is 10.2. The van der Waals surface area contributed by atoms with E-state index < -0.39 is 18.0 Å². The van der Waals surface area contributed by atoms with Gasteiger partial charge in [-0.15, -0.1) is 0 Å². The largest absolute Gasteiger partial charge is 0.463 e. The van der Waals surface area contributed by atoms with Crippen LogP contribution in [0, 0.1) is 0 Å². The summed E-state index contributed by atoms with van der Waals surface area (Å²) in [5.74, 6) is 0.341. The van der Waals surface area contributed by atoms with Crippen molar-refractivity contribution in [2.45, 2.75) is 53.0 Å². The Morgan fingerprint density at radius 1 is 1.02 bits per heavy atom. The number of hydrogen-bond donors (Lipinski definition) is 0. The third-order valence-electron chi connectivity index (χ3n) is 7.19. The summed E-state index contributed by atoms with van der Waals surface area (Å²) in [5.41, 5.74) is 3.51. The van der Waals surface area contributed by atoms with Crippen molar-refractivity contribution in [3.8, 4) is 11.3 Å². The van der Waals surface area contributed by atoms with Crippen LogP contribution in [-0.4, -0.2) is 29.7 Å². The average molecular weight is 599 g/mol. The van der Waals surface area contributed by atoms with Gasteiger partial charge in [-0.1, -0.05) is 74.6 Å². The van der Waals surface area contributed by atoms with Crippen molar-refractivity contribution in [2.75, 3.05) is 13.2 Å². The van der Waals surface area contributed by atoms with Crippen molar-refractivity contribution in [3.63, 3.8) is 0 Å². The number of benzene rings is 2. The lowest BCUT2D eigenvalue weighted by Gasteiger charge is -2.25. The minimum atomic E-state index is -0.688. The Labute approximate surface area is 253 Å². The van der Waals surface area contributed by atoms with Crippen molar-refractivity contribution in [2.24, 2.45) is 4.99 Å². The van der Waals surface area contributed by atoms with Gasteiger partial charge in [-0.3, -0.25) is 9.36 Å². The average Bonchev–Trinajstić information content (AvgIpc) is 3.59. The van der Waals surface area contributed by atoms with Crippen LogP contribution in [0.3, 0.4) is 0 Å². The summed E-state index contributed by atoms with van der Waals surface area (Å²) in [4.78, 5) is 44.8. The molecule has 222 valence electrons. The van der Waals surface area contributed by atoms with E-state index in [0.29, 0.717) is 55.8 Å². The molecule has 0 aliphatic carbocycles. The van der Waals surface area contributed by atoms with E-state index in [1.165, 1.54) is 11.3 Å². The Morgan fingerprint density at radius 3 is 2.47 bits per heavy atom. The first-order valence-electron chi connectivity index (χ1n) is 14.4. The van der Waals surface area contributed by atoms with Gasteiger partial charge < -0.3 is 13.9 Å². The smallest absolute Gasteiger partial charge is 0.338 e. The van der Waals surface area contributed by atoms with Gasteiger partial charge in [-0.05, 0) is 55.5 Å². The van der Waals surface area contributed by atoms with Gasteiger partial charge in [0.15, 0.2) is 4.80 Å². The number of carbonyl (C=O) groups excluding carboxylic acids is 2. The summed E-state index contributed by atoms with van der Waals surface area (Å²) in [6, 6.07) is 17.9. The Morgan fingerprint density at radius 2 is 1.77 bits per heavy atom. The highest BCUT2D eigenvalue weighted by molar-refractivity contribution is 7.07. The second kappa shape index (κ2) is 12.8. The third kappa shape index (κ3) is 6.03. The van der Waals surface area contributed by atoms with E-state index >= 15 is 0 Å². The quantitative estimate of drug-likeness (QED) is 0.228. The lowest BCUT2D eigenvalue weighted by molar-refractivity contribution is -0.139. The van der Waals surface area contributed by atoms with Gasteiger partial charge in [0.1, 0.15) is 11.5 Å². The van der Waals surface area contributed by atoms with Crippen molar-refractivity contribution >= 4 is 29.4 Å². The summed E-state index contributed by atoms with van der Waals surface area (Å²) < 4.78 is 18.8. The Bertz CT molecular complexity index is 1870. The first-order valence-corrected chi connectivity index (χ1v) is 15.2. The van der Waals surface area contributed by atoms with Crippen LogP contribution in [0.5, 0.6) is 0 Å². The molecule has 1 atom stereocenters. The molecule has 3 heterocycles. The fraction of sp³-hybridized carbons (Fsp3) is 0.294. The van der Waals surface area contributed by atoms with E-state index in [4.69, 9.17) is 13.9 Å². The highest BCUT2D eigenvalue weighted by atomic mass is 32.1. The molecule has 2 aromatic carbocycles. The molecule has 0 amide bonds. The molecule has 0 spiro atoms. The van der Waals surface area contributed by atoms with E-state index in [2.05, 4.69) is 18.8 Å². The molecular formula is C34H34N2O6S. The molecule has 0 N–H and O–H groups in total. The maximum Gasteiger partial charge on any atom is 0.338 e. The van der Waals surface area contributed by atoms with Crippen LogP contribution in [0.4, 0.5) is 0 Å². The molecule has 0 fully saturated rings. The minimum absolute atomic E-state index is 0.208. The second-order valence-electron chi connectivity index (χ2n) is 10.5. The van der Waals surface area contributed by atoms with Crippen LogP contribution in [-0.2, 0) is 14.3 Å². The molecular weight excluding hydrogens is 564 g/mol. The topological polar surface area (TPSA) is 100 Å². The van der Waals surface area contributed by atoms with Crippen LogP contribution in [0.25, 0.3) is 17.4 Å². The number of thiazole rings is 1. The highest BCUT2D eigenvalue weighted by Crippen LogP contribution is 2.32. The zero-order chi connectivity index (χ0) is 30.7. The number of esters is 2. The number of fused-ring (bicyclic) bond motifs is 1. The number of nitrogens with zero attached hydrogens (tertiary/aromatic N) is 2. The standard InChI is InChI=1S/C34H34N2O6S/c1-6-18-41-32(38)26-11-9-8-10-25(26)27-17-16-24(42-27)19-28-31(37)36-30(23-14-12-22(13-15-23)20(3)4)29(33(39)40-7-2)21(5)35-34(36)43-28/h8-17,19-20,30H,6-7,18H2,1-5H3. The van der Waals surface area contributed by atoms with Crippen molar-refractivity contribution < 1.29 is 23.5 Å². The van der Waals surface area contributed by atoms with E-state index in [1.807, 2.05) is 37.3 Å². The van der Waals surface area contributed by atoms with E-state index in [0.717, 1.165) is 17.5 Å². The van der Waals surface area contributed by atoms with Crippen LogP contribution in [0.1, 0.15) is 80.2 Å². The number of rotatable bonds is 9. The Balaban J connectivity index is 1.58. The predicted octanol–water partition coefficient (Wildman–Crippen LogP) is 5.75. The summed E-state index contributed by atoms with van der Waals surface area (Å²) in [7, 11) is 0. The van der Waals surface area contributed by atoms with Crippen molar-refractivity contribution in [3.05, 3.63) is 114 Å². The minimum Gasteiger partial charge on any atom is -0.463 e. The number of carbonyl (C=O) groups is 2. The number of allylic oxidation sites excluding steroid dienone is 1. The van der Waals surface area contributed by atoms with Gasteiger partial charge in [0.2, 0.25) is 0 Å². The Kier molecular flexibility index (Phi) is 8.92. The molecule has 8 nitrogen and oxygen atoms in total. The number of hydrogen-bond acceptors (Lipinski definition) is 8. The molecule has 2 aromatic heterocycles. The highest BCUT2D eigenvalue weighted by Gasteiger charge is 2.33. The first kappa shape index (κ1) is 30.0. The number of aromatic nitrogens is 1. The fourth-order valence-electron chi connectivity index (χ4n) is 5.02. The normalized spacial score (nSPS) is 14.9. The van der Waals surface area contributed by atoms with Crippen LogP contribution < -0.4 is 14.9 Å². The zero-order valence-corrected chi connectivity index (χ0v) is 25.7. The summed E-state index contributed by atoms with van der Waals surface area (Å²) in [6.07, 6.45) is 2.38. The first-order chi connectivity index (χ1) is 20.7. The van der Waals surface area contributed by atoms with Gasteiger partial charge in [-0.25, -0.2) is 14.6 Å².